The van der Waals surface area contributed by atoms with E-state index in [-0.39, 0.29) is 18.4 Å². The van der Waals surface area contributed by atoms with Crippen LogP contribution in [0.25, 0.3) is 0 Å². The zero-order chi connectivity index (χ0) is 8.97. The summed E-state index contributed by atoms with van der Waals surface area (Å²) in [5.74, 6) is 0. The highest BCUT2D eigenvalue weighted by Crippen LogP contribution is 2.16. The second-order valence-corrected chi connectivity index (χ2v) is 3.12. The highest BCUT2D eigenvalue weighted by Gasteiger charge is 2.01. The van der Waals surface area contributed by atoms with E-state index in [2.05, 4.69) is 6.58 Å². The standard InChI is InChI=1S/C10H12ClN.ClH/c1-2-3-10(12)8-4-6-9(11)7-5-8;/h2,4-7,10H,1,3,12H2;1H/t10-;/m1./s1. The van der Waals surface area contributed by atoms with E-state index >= 15 is 0 Å². The Balaban J connectivity index is 0.00000144. The third-order valence-corrected chi connectivity index (χ3v) is 1.97. The van der Waals surface area contributed by atoms with Crippen molar-refractivity contribution in [1.82, 2.24) is 0 Å². The molecule has 1 aromatic carbocycles. The normalized spacial score (nSPS) is 11.5. The predicted molar refractivity (Wildman–Crippen MR) is 60.4 cm³/mol. The number of benzene rings is 1. The molecule has 0 saturated carbocycles. The molecule has 0 aliphatic carbocycles. The third-order valence-electron chi connectivity index (χ3n) is 1.72. The summed E-state index contributed by atoms with van der Waals surface area (Å²) in [6.45, 7) is 3.64. The van der Waals surface area contributed by atoms with Crippen LogP contribution in [-0.2, 0) is 0 Å². The summed E-state index contributed by atoms with van der Waals surface area (Å²) in [4.78, 5) is 0. The molecule has 0 heterocycles. The Bertz CT molecular complexity index is 256. The summed E-state index contributed by atoms with van der Waals surface area (Å²) in [6.07, 6.45) is 2.61. The van der Waals surface area contributed by atoms with Gasteiger partial charge in [-0.1, -0.05) is 29.8 Å². The summed E-state index contributed by atoms with van der Waals surface area (Å²) in [5.41, 5.74) is 6.94. The first kappa shape index (κ1) is 12.5. The van der Waals surface area contributed by atoms with Crippen LogP contribution in [0.15, 0.2) is 36.9 Å². The van der Waals surface area contributed by atoms with Crippen molar-refractivity contribution in [2.24, 2.45) is 5.73 Å². The van der Waals surface area contributed by atoms with Gasteiger partial charge in [-0.15, -0.1) is 19.0 Å². The topological polar surface area (TPSA) is 26.0 Å². The first-order valence-corrected chi connectivity index (χ1v) is 4.24. The first-order chi connectivity index (χ1) is 5.74. The molecular formula is C10H13Cl2N. The molecule has 0 aliphatic rings. The second kappa shape index (κ2) is 6.03. The molecule has 1 rings (SSSR count). The van der Waals surface area contributed by atoms with Crippen LogP contribution in [0.1, 0.15) is 18.0 Å². The summed E-state index contributed by atoms with van der Waals surface area (Å²) < 4.78 is 0. The van der Waals surface area contributed by atoms with Crippen molar-refractivity contribution in [3.63, 3.8) is 0 Å². The highest BCUT2D eigenvalue weighted by molar-refractivity contribution is 6.30. The van der Waals surface area contributed by atoms with Crippen LogP contribution in [0.4, 0.5) is 0 Å². The molecule has 1 aromatic rings. The van der Waals surface area contributed by atoms with Crippen molar-refractivity contribution in [2.45, 2.75) is 12.5 Å². The molecule has 0 radical (unpaired) electrons. The minimum Gasteiger partial charge on any atom is -0.324 e. The van der Waals surface area contributed by atoms with Gasteiger partial charge >= 0.3 is 0 Å². The lowest BCUT2D eigenvalue weighted by molar-refractivity contribution is 0.742. The van der Waals surface area contributed by atoms with Crippen molar-refractivity contribution >= 4 is 24.0 Å². The zero-order valence-electron chi connectivity index (χ0n) is 7.24. The lowest BCUT2D eigenvalue weighted by Crippen LogP contribution is -2.08. The molecule has 13 heavy (non-hydrogen) atoms. The quantitative estimate of drug-likeness (QED) is 0.773. The van der Waals surface area contributed by atoms with Crippen LogP contribution in [-0.4, -0.2) is 0 Å². The van der Waals surface area contributed by atoms with E-state index in [0.29, 0.717) is 0 Å². The van der Waals surface area contributed by atoms with Gasteiger partial charge in [0.05, 0.1) is 0 Å². The Morgan fingerprint density at radius 1 is 1.38 bits per heavy atom. The SMILES string of the molecule is C=CC[C@@H](N)c1ccc(Cl)cc1.Cl. The smallest absolute Gasteiger partial charge is 0.0406 e. The molecule has 0 saturated heterocycles. The van der Waals surface area contributed by atoms with E-state index in [9.17, 15) is 0 Å². The van der Waals surface area contributed by atoms with Crippen molar-refractivity contribution in [3.05, 3.63) is 47.5 Å². The van der Waals surface area contributed by atoms with Crippen molar-refractivity contribution in [1.29, 1.82) is 0 Å². The molecule has 0 unspecified atom stereocenters. The van der Waals surface area contributed by atoms with Crippen molar-refractivity contribution in [3.8, 4) is 0 Å². The fraction of sp³-hybridized carbons (Fsp3) is 0.200. The third kappa shape index (κ3) is 3.81. The van der Waals surface area contributed by atoms with E-state index in [1.165, 1.54) is 0 Å². The van der Waals surface area contributed by atoms with Gasteiger partial charge in [0.2, 0.25) is 0 Å². The van der Waals surface area contributed by atoms with Gasteiger partial charge < -0.3 is 5.73 Å². The second-order valence-electron chi connectivity index (χ2n) is 2.68. The van der Waals surface area contributed by atoms with E-state index < -0.39 is 0 Å². The maximum absolute atomic E-state index is 5.84. The minimum atomic E-state index is 0. The Morgan fingerprint density at radius 3 is 2.38 bits per heavy atom. The van der Waals surface area contributed by atoms with Gasteiger partial charge in [0.1, 0.15) is 0 Å². The van der Waals surface area contributed by atoms with Gasteiger partial charge in [-0.25, -0.2) is 0 Å². The zero-order valence-corrected chi connectivity index (χ0v) is 8.81. The van der Waals surface area contributed by atoms with Crippen molar-refractivity contribution in [2.75, 3.05) is 0 Å². The fourth-order valence-corrected chi connectivity index (χ4v) is 1.15. The Morgan fingerprint density at radius 2 is 1.92 bits per heavy atom. The summed E-state index contributed by atoms with van der Waals surface area (Å²) in [5, 5.41) is 0.740. The van der Waals surface area contributed by atoms with Gasteiger partial charge in [-0.05, 0) is 24.1 Å². The molecule has 0 fully saturated rings. The van der Waals surface area contributed by atoms with Crippen LogP contribution < -0.4 is 5.73 Å². The summed E-state index contributed by atoms with van der Waals surface area (Å²) in [6, 6.07) is 7.62. The summed E-state index contributed by atoms with van der Waals surface area (Å²) >= 11 is 5.73. The Kier molecular flexibility index (Phi) is 5.80. The number of halogens is 2. The van der Waals surface area contributed by atoms with Crippen LogP contribution in [0.3, 0.4) is 0 Å². The van der Waals surface area contributed by atoms with E-state index in [4.69, 9.17) is 17.3 Å². The highest BCUT2D eigenvalue weighted by atomic mass is 35.5. The van der Waals surface area contributed by atoms with Gasteiger partial charge in [0.25, 0.3) is 0 Å². The average Bonchev–Trinajstić information content (AvgIpc) is 2.06. The van der Waals surface area contributed by atoms with Gasteiger partial charge in [-0.2, -0.15) is 0 Å². The monoisotopic (exact) mass is 217 g/mol. The van der Waals surface area contributed by atoms with E-state index in [1.54, 1.807) is 0 Å². The molecule has 1 nitrogen and oxygen atoms in total. The van der Waals surface area contributed by atoms with Gasteiger partial charge in [-0.3, -0.25) is 0 Å². The van der Waals surface area contributed by atoms with E-state index in [0.717, 1.165) is 17.0 Å². The van der Waals surface area contributed by atoms with Crippen LogP contribution in [0.2, 0.25) is 5.02 Å². The number of nitrogens with two attached hydrogens (primary N) is 1. The molecule has 3 heteroatoms. The molecule has 72 valence electrons. The molecule has 0 aromatic heterocycles. The molecule has 0 spiro atoms. The molecule has 2 N–H and O–H groups in total. The lowest BCUT2D eigenvalue weighted by atomic mass is 10.1. The minimum absolute atomic E-state index is 0. The Labute approximate surface area is 90.0 Å². The largest absolute Gasteiger partial charge is 0.324 e. The molecule has 0 amide bonds. The predicted octanol–water partition coefficient (Wildman–Crippen LogP) is 3.34. The Hall–Kier alpha value is -0.500. The van der Waals surface area contributed by atoms with Crippen LogP contribution >= 0.6 is 24.0 Å². The van der Waals surface area contributed by atoms with Crippen molar-refractivity contribution < 1.29 is 0 Å². The first-order valence-electron chi connectivity index (χ1n) is 3.86. The number of hydrogen-bond donors (Lipinski definition) is 1. The molecule has 0 aliphatic heterocycles. The van der Waals surface area contributed by atoms with Gasteiger partial charge in [0.15, 0.2) is 0 Å². The van der Waals surface area contributed by atoms with Gasteiger partial charge in [0, 0.05) is 11.1 Å². The van der Waals surface area contributed by atoms with E-state index in [1.807, 2.05) is 30.3 Å². The molecule has 1 atom stereocenters. The maximum atomic E-state index is 5.84. The lowest BCUT2D eigenvalue weighted by Gasteiger charge is -2.08. The number of rotatable bonds is 3. The molecule has 0 bridgehead atoms. The number of hydrogen-bond acceptors (Lipinski definition) is 1. The summed E-state index contributed by atoms with van der Waals surface area (Å²) in [7, 11) is 0. The van der Waals surface area contributed by atoms with Crippen LogP contribution in [0, 0.1) is 0 Å². The maximum Gasteiger partial charge on any atom is 0.0406 e. The fourth-order valence-electron chi connectivity index (χ4n) is 1.03. The molecular weight excluding hydrogens is 205 g/mol. The average molecular weight is 218 g/mol. The van der Waals surface area contributed by atoms with Crippen LogP contribution in [0.5, 0.6) is 0 Å².